The Morgan fingerprint density at radius 3 is 2.73 bits per heavy atom. The van der Waals surface area contributed by atoms with Crippen molar-refractivity contribution in [3.8, 4) is 5.75 Å². The fourth-order valence-corrected chi connectivity index (χ4v) is 2.26. The number of ether oxygens (including phenoxy) is 1. The normalized spacial score (nSPS) is 12.4. The van der Waals surface area contributed by atoms with Crippen molar-refractivity contribution in [2.75, 3.05) is 32.6 Å². The van der Waals surface area contributed by atoms with Crippen molar-refractivity contribution in [2.24, 2.45) is 4.99 Å². The molecule has 2 rings (SSSR count). The highest BCUT2D eigenvalue weighted by Gasteiger charge is 2.09. The van der Waals surface area contributed by atoms with Gasteiger partial charge in [-0.05, 0) is 36.8 Å². The maximum atomic E-state index is 13.6. The molecular formula is C19H26FN5O. The van der Waals surface area contributed by atoms with Gasteiger partial charge in [-0.25, -0.2) is 9.37 Å². The van der Waals surface area contributed by atoms with E-state index >= 15 is 0 Å². The maximum Gasteiger partial charge on any atom is 0.191 e. The number of benzene rings is 1. The van der Waals surface area contributed by atoms with Gasteiger partial charge in [0.2, 0.25) is 0 Å². The summed E-state index contributed by atoms with van der Waals surface area (Å²) in [6.07, 6.45) is 1.57. The van der Waals surface area contributed by atoms with Gasteiger partial charge in [-0.15, -0.1) is 0 Å². The van der Waals surface area contributed by atoms with E-state index in [9.17, 15) is 4.39 Å². The molecule has 0 amide bonds. The SMILES string of the molecule is CN=C(NCc1ccnc(N(C)C)c1)NCC(C)Oc1ccccc1F. The van der Waals surface area contributed by atoms with Crippen molar-refractivity contribution in [2.45, 2.75) is 19.6 Å². The molecule has 140 valence electrons. The number of pyridine rings is 1. The van der Waals surface area contributed by atoms with Crippen LogP contribution >= 0.6 is 0 Å². The molecule has 6 nitrogen and oxygen atoms in total. The lowest BCUT2D eigenvalue weighted by Gasteiger charge is -2.18. The maximum absolute atomic E-state index is 13.6. The summed E-state index contributed by atoms with van der Waals surface area (Å²) in [7, 11) is 5.61. The number of anilines is 1. The van der Waals surface area contributed by atoms with Gasteiger partial charge in [-0.1, -0.05) is 12.1 Å². The van der Waals surface area contributed by atoms with E-state index in [0.29, 0.717) is 19.0 Å². The van der Waals surface area contributed by atoms with Gasteiger partial charge < -0.3 is 20.3 Å². The van der Waals surface area contributed by atoms with E-state index in [-0.39, 0.29) is 17.7 Å². The molecule has 0 saturated carbocycles. The van der Waals surface area contributed by atoms with E-state index in [1.807, 2.05) is 38.1 Å². The highest BCUT2D eigenvalue weighted by atomic mass is 19.1. The van der Waals surface area contributed by atoms with Crippen LogP contribution in [-0.2, 0) is 6.54 Å². The molecule has 2 aromatic rings. The van der Waals surface area contributed by atoms with Gasteiger partial charge >= 0.3 is 0 Å². The number of rotatable bonds is 7. The molecule has 0 radical (unpaired) electrons. The van der Waals surface area contributed by atoms with E-state index in [1.54, 1.807) is 31.4 Å². The van der Waals surface area contributed by atoms with Crippen molar-refractivity contribution < 1.29 is 9.13 Å². The molecular weight excluding hydrogens is 333 g/mol. The van der Waals surface area contributed by atoms with Crippen LogP contribution in [0.15, 0.2) is 47.6 Å². The molecule has 1 unspecified atom stereocenters. The number of halogens is 1. The smallest absolute Gasteiger partial charge is 0.191 e. The molecule has 0 aliphatic carbocycles. The number of nitrogens with one attached hydrogen (secondary N) is 2. The van der Waals surface area contributed by atoms with Gasteiger partial charge in [0.1, 0.15) is 11.9 Å². The van der Waals surface area contributed by atoms with Crippen LogP contribution in [-0.4, -0.2) is 44.7 Å². The van der Waals surface area contributed by atoms with E-state index in [0.717, 1.165) is 11.4 Å². The largest absolute Gasteiger partial charge is 0.486 e. The van der Waals surface area contributed by atoms with E-state index in [2.05, 4.69) is 20.6 Å². The Bertz CT molecular complexity index is 735. The standard InChI is InChI=1S/C19H26FN5O/c1-14(26-17-8-6-5-7-16(17)20)12-23-19(21-2)24-13-15-9-10-22-18(11-15)25(3)4/h5-11,14H,12-13H2,1-4H3,(H2,21,23,24). The van der Waals surface area contributed by atoms with Gasteiger partial charge in [0.05, 0.1) is 6.54 Å². The lowest BCUT2D eigenvalue weighted by molar-refractivity contribution is 0.214. The lowest BCUT2D eigenvalue weighted by Crippen LogP contribution is -2.41. The average Bonchev–Trinajstić information content (AvgIpc) is 2.64. The number of nitrogens with zero attached hydrogens (tertiary/aromatic N) is 3. The first kappa shape index (κ1) is 19.5. The third-order valence-electron chi connectivity index (χ3n) is 3.67. The van der Waals surface area contributed by atoms with Crippen LogP contribution in [0.4, 0.5) is 10.2 Å². The first-order valence-corrected chi connectivity index (χ1v) is 8.47. The van der Waals surface area contributed by atoms with Gasteiger partial charge in [-0.3, -0.25) is 4.99 Å². The van der Waals surface area contributed by atoms with Crippen LogP contribution < -0.4 is 20.3 Å². The third-order valence-corrected chi connectivity index (χ3v) is 3.67. The second kappa shape index (κ2) is 9.60. The van der Waals surface area contributed by atoms with Crippen molar-refractivity contribution >= 4 is 11.8 Å². The Kier molecular flexibility index (Phi) is 7.20. The third kappa shape index (κ3) is 5.91. The molecule has 1 aromatic heterocycles. The van der Waals surface area contributed by atoms with Gasteiger partial charge in [0, 0.05) is 33.9 Å². The molecule has 0 aliphatic heterocycles. The zero-order chi connectivity index (χ0) is 18.9. The summed E-state index contributed by atoms with van der Waals surface area (Å²) in [6, 6.07) is 10.4. The predicted molar refractivity (Wildman–Crippen MR) is 103 cm³/mol. The molecule has 26 heavy (non-hydrogen) atoms. The van der Waals surface area contributed by atoms with Gasteiger partial charge in [-0.2, -0.15) is 0 Å². The number of aromatic nitrogens is 1. The van der Waals surface area contributed by atoms with Crippen molar-refractivity contribution in [1.82, 2.24) is 15.6 Å². The van der Waals surface area contributed by atoms with Gasteiger partial charge in [0.25, 0.3) is 0 Å². The summed E-state index contributed by atoms with van der Waals surface area (Å²) in [6.45, 7) is 2.98. The molecule has 0 fully saturated rings. The molecule has 0 aliphatic rings. The van der Waals surface area contributed by atoms with Crippen LogP contribution in [0.3, 0.4) is 0 Å². The van der Waals surface area contributed by atoms with E-state index in [4.69, 9.17) is 4.74 Å². The fourth-order valence-electron chi connectivity index (χ4n) is 2.26. The quantitative estimate of drug-likeness (QED) is 0.587. The van der Waals surface area contributed by atoms with Crippen molar-refractivity contribution in [3.05, 3.63) is 54.0 Å². The second-order valence-electron chi connectivity index (χ2n) is 6.08. The zero-order valence-corrected chi connectivity index (χ0v) is 15.7. The summed E-state index contributed by atoms with van der Waals surface area (Å²) in [5.41, 5.74) is 1.10. The Morgan fingerprint density at radius 1 is 1.27 bits per heavy atom. The van der Waals surface area contributed by atoms with Crippen LogP contribution in [0.2, 0.25) is 0 Å². The Hall–Kier alpha value is -2.83. The van der Waals surface area contributed by atoms with E-state index < -0.39 is 0 Å². The Labute approximate surface area is 154 Å². The van der Waals surface area contributed by atoms with Crippen LogP contribution in [0.1, 0.15) is 12.5 Å². The highest BCUT2D eigenvalue weighted by molar-refractivity contribution is 5.79. The number of hydrogen-bond donors (Lipinski definition) is 2. The Balaban J connectivity index is 1.82. The lowest BCUT2D eigenvalue weighted by atomic mass is 10.2. The molecule has 0 bridgehead atoms. The predicted octanol–water partition coefficient (Wildman–Crippen LogP) is 2.42. The van der Waals surface area contributed by atoms with Gasteiger partial charge in [0.15, 0.2) is 17.5 Å². The fraction of sp³-hybridized carbons (Fsp3) is 0.368. The molecule has 0 spiro atoms. The molecule has 1 atom stereocenters. The minimum absolute atomic E-state index is 0.216. The Morgan fingerprint density at radius 2 is 2.04 bits per heavy atom. The van der Waals surface area contributed by atoms with Crippen LogP contribution in [0.5, 0.6) is 5.75 Å². The molecule has 2 N–H and O–H groups in total. The molecule has 1 aromatic carbocycles. The first-order valence-electron chi connectivity index (χ1n) is 8.47. The summed E-state index contributed by atoms with van der Waals surface area (Å²) < 4.78 is 19.2. The summed E-state index contributed by atoms with van der Waals surface area (Å²) in [5, 5.41) is 6.43. The van der Waals surface area contributed by atoms with Crippen molar-refractivity contribution in [3.63, 3.8) is 0 Å². The zero-order valence-electron chi connectivity index (χ0n) is 15.7. The first-order chi connectivity index (χ1) is 12.5. The summed E-state index contributed by atoms with van der Waals surface area (Å²) in [4.78, 5) is 10.5. The topological polar surface area (TPSA) is 61.8 Å². The minimum atomic E-state index is -0.365. The summed E-state index contributed by atoms with van der Waals surface area (Å²) in [5.74, 6) is 1.44. The summed E-state index contributed by atoms with van der Waals surface area (Å²) >= 11 is 0. The minimum Gasteiger partial charge on any atom is -0.486 e. The van der Waals surface area contributed by atoms with Crippen LogP contribution in [0, 0.1) is 5.82 Å². The number of guanidine groups is 1. The number of aliphatic imine (C=N–C) groups is 1. The second-order valence-corrected chi connectivity index (χ2v) is 6.08. The molecule has 1 heterocycles. The average molecular weight is 359 g/mol. The van der Waals surface area contributed by atoms with Crippen molar-refractivity contribution in [1.29, 1.82) is 0 Å². The molecule has 0 saturated heterocycles. The van der Waals surface area contributed by atoms with Crippen LogP contribution in [0.25, 0.3) is 0 Å². The number of para-hydroxylation sites is 1. The monoisotopic (exact) mass is 359 g/mol. The number of hydrogen-bond acceptors (Lipinski definition) is 4. The van der Waals surface area contributed by atoms with E-state index in [1.165, 1.54) is 6.07 Å². The highest BCUT2D eigenvalue weighted by Crippen LogP contribution is 2.16. The molecule has 7 heteroatoms.